The van der Waals surface area contributed by atoms with Crippen molar-refractivity contribution in [3.63, 3.8) is 0 Å². The van der Waals surface area contributed by atoms with E-state index in [9.17, 15) is 4.21 Å². The Morgan fingerprint density at radius 2 is 1.71 bits per heavy atom. The van der Waals surface area contributed by atoms with Crippen LogP contribution in [-0.2, 0) is 9.92 Å². The molecule has 2 rings (SSSR count). The van der Waals surface area contributed by atoms with Gasteiger partial charge in [-0.3, -0.25) is 0 Å². The molecule has 0 amide bonds. The molecule has 17 heavy (non-hydrogen) atoms. The summed E-state index contributed by atoms with van der Waals surface area (Å²) in [6, 6.07) is 0.636. The molecule has 1 spiro atoms. The van der Waals surface area contributed by atoms with E-state index in [0.717, 1.165) is 32.6 Å². The molecule has 0 saturated carbocycles. The van der Waals surface area contributed by atoms with Gasteiger partial charge in [0.15, 0.2) is 0 Å². The van der Waals surface area contributed by atoms with Gasteiger partial charge in [-0.05, 0) is 51.6 Å². The molecule has 0 aromatic heterocycles. The summed E-state index contributed by atoms with van der Waals surface area (Å²) in [5, 5.41) is 0. The van der Waals surface area contributed by atoms with Crippen LogP contribution in [0.4, 0.5) is 0 Å². The second-order valence-electron chi connectivity index (χ2n) is 6.05. The zero-order valence-electron chi connectivity index (χ0n) is 11.2. The molecule has 1 N–H and O–H groups in total. The smallest absolute Gasteiger partial charge is 0.104 e. The van der Waals surface area contributed by atoms with Crippen molar-refractivity contribution in [3.8, 4) is 0 Å². The first-order chi connectivity index (χ1) is 7.82. The number of hydrogen-bond acceptors (Lipinski definition) is 3. The van der Waals surface area contributed by atoms with E-state index in [1.807, 2.05) is 4.31 Å². The van der Waals surface area contributed by atoms with Crippen LogP contribution in [0.25, 0.3) is 0 Å². The summed E-state index contributed by atoms with van der Waals surface area (Å²) >= 11 is 0. The standard InChI is InChI=1S/C12H25N3OS/c1-11(2)14-7-4-12(5-8-14)6-9-15(10-12)17(3,13)16/h11,13H,4-10H2,1-3H3. The van der Waals surface area contributed by atoms with Gasteiger partial charge in [0.05, 0.1) is 0 Å². The lowest BCUT2D eigenvalue weighted by atomic mass is 9.77. The van der Waals surface area contributed by atoms with Crippen molar-refractivity contribution in [1.29, 1.82) is 4.78 Å². The van der Waals surface area contributed by atoms with E-state index < -0.39 is 9.92 Å². The molecule has 2 saturated heterocycles. The van der Waals surface area contributed by atoms with Crippen molar-refractivity contribution < 1.29 is 4.21 Å². The number of nitrogens with one attached hydrogen (secondary N) is 1. The molecule has 100 valence electrons. The van der Waals surface area contributed by atoms with Crippen LogP contribution in [0, 0.1) is 10.2 Å². The lowest BCUT2D eigenvalue weighted by molar-refractivity contribution is 0.0923. The van der Waals surface area contributed by atoms with Crippen LogP contribution in [0.2, 0.25) is 0 Å². The highest BCUT2D eigenvalue weighted by Crippen LogP contribution is 2.41. The van der Waals surface area contributed by atoms with Crippen LogP contribution in [0.1, 0.15) is 33.1 Å². The third kappa shape index (κ3) is 2.83. The first-order valence-electron chi connectivity index (χ1n) is 6.55. The predicted octanol–water partition coefficient (Wildman–Crippen LogP) is 1.77. The number of rotatable bonds is 2. The van der Waals surface area contributed by atoms with Crippen molar-refractivity contribution in [2.75, 3.05) is 32.4 Å². The third-order valence-electron chi connectivity index (χ3n) is 4.48. The maximum absolute atomic E-state index is 11.8. The summed E-state index contributed by atoms with van der Waals surface area (Å²) in [7, 11) is -2.49. The highest BCUT2D eigenvalue weighted by molar-refractivity contribution is 7.89. The van der Waals surface area contributed by atoms with Crippen LogP contribution in [0.15, 0.2) is 0 Å². The molecule has 2 aliphatic heterocycles. The fourth-order valence-corrected chi connectivity index (χ4v) is 4.07. The average molecular weight is 259 g/mol. The highest BCUT2D eigenvalue weighted by Gasteiger charge is 2.42. The van der Waals surface area contributed by atoms with E-state index in [2.05, 4.69) is 18.7 Å². The summed E-state index contributed by atoms with van der Waals surface area (Å²) in [4.78, 5) is 2.53. The molecule has 5 heteroatoms. The molecule has 2 aliphatic rings. The van der Waals surface area contributed by atoms with Crippen molar-refractivity contribution in [2.45, 2.75) is 39.2 Å². The molecule has 0 aromatic rings. The van der Waals surface area contributed by atoms with Gasteiger partial charge in [0.2, 0.25) is 0 Å². The Kier molecular flexibility index (Phi) is 3.54. The molecule has 0 radical (unpaired) electrons. The lowest BCUT2D eigenvalue weighted by Gasteiger charge is -2.41. The maximum atomic E-state index is 11.8. The second kappa shape index (κ2) is 4.52. The van der Waals surface area contributed by atoms with Crippen LogP contribution < -0.4 is 0 Å². The summed E-state index contributed by atoms with van der Waals surface area (Å²) in [6.07, 6.45) is 5.09. The number of piperidine rings is 1. The van der Waals surface area contributed by atoms with Crippen molar-refractivity contribution >= 4 is 9.92 Å². The minimum absolute atomic E-state index is 0.352. The fourth-order valence-electron chi connectivity index (χ4n) is 3.11. The Labute approximate surface area is 105 Å². The molecule has 0 bridgehead atoms. The molecule has 1 unspecified atom stereocenters. The maximum Gasteiger partial charge on any atom is 0.104 e. The van der Waals surface area contributed by atoms with Gasteiger partial charge in [-0.2, -0.15) is 0 Å². The lowest BCUT2D eigenvalue weighted by Crippen LogP contribution is -2.44. The SMILES string of the molecule is CC(C)N1CCC2(CC1)CCN(S(C)(=N)=O)C2. The second-order valence-corrected chi connectivity index (χ2v) is 8.17. The van der Waals surface area contributed by atoms with Gasteiger partial charge in [-0.1, -0.05) is 0 Å². The van der Waals surface area contributed by atoms with Gasteiger partial charge in [0, 0.05) is 25.4 Å². The zero-order chi connectivity index (χ0) is 12.7. The van der Waals surface area contributed by atoms with E-state index in [1.165, 1.54) is 12.8 Å². The molecule has 2 heterocycles. The number of likely N-dealkylation sites (tertiary alicyclic amines) is 1. The normalized spacial score (nSPS) is 29.9. The first-order valence-corrected chi connectivity index (χ1v) is 8.48. The minimum Gasteiger partial charge on any atom is -0.301 e. The highest BCUT2D eigenvalue weighted by atomic mass is 32.2. The molecule has 0 aromatic carbocycles. The van der Waals surface area contributed by atoms with Gasteiger partial charge < -0.3 is 4.90 Å². The van der Waals surface area contributed by atoms with Gasteiger partial charge in [0.25, 0.3) is 0 Å². The summed E-state index contributed by atoms with van der Waals surface area (Å²) < 4.78 is 21.3. The molecular formula is C12H25N3OS. The summed E-state index contributed by atoms with van der Waals surface area (Å²) in [5.41, 5.74) is 0.352. The summed E-state index contributed by atoms with van der Waals surface area (Å²) in [6.45, 7) is 8.55. The quantitative estimate of drug-likeness (QED) is 0.821. The molecule has 1 atom stereocenters. The van der Waals surface area contributed by atoms with Crippen LogP contribution in [-0.4, -0.2) is 51.9 Å². The fraction of sp³-hybridized carbons (Fsp3) is 1.00. The van der Waals surface area contributed by atoms with E-state index in [1.54, 1.807) is 6.26 Å². The van der Waals surface area contributed by atoms with Crippen LogP contribution in [0.3, 0.4) is 0 Å². The Bertz CT molecular complexity index is 369. The largest absolute Gasteiger partial charge is 0.301 e. The molecule has 2 fully saturated rings. The first kappa shape index (κ1) is 13.3. The van der Waals surface area contributed by atoms with Crippen LogP contribution >= 0.6 is 0 Å². The molecule has 4 nitrogen and oxygen atoms in total. The topological polar surface area (TPSA) is 47.4 Å². The average Bonchev–Trinajstić information content (AvgIpc) is 2.62. The number of hydrogen-bond donors (Lipinski definition) is 1. The van der Waals surface area contributed by atoms with Gasteiger partial charge >= 0.3 is 0 Å². The van der Waals surface area contributed by atoms with E-state index in [4.69, 9.17) is 4.78 Å². The van der Waals surface area contributed by atoms with Gasteiger partial charge in [0.1, 0.15) is 9.92 Å². The van der Waals surface area contributed by atoms with Gasteiger partial charge in [-0.15, -0.1) is 0 Å². The van der Waals surface area contributed by atoms with E-state index in [-0.39, 0.29) is 0 Å². The van der Waals surface area contributed by atoms with E-state index in [0.29, 0.717) is 11.5 Å². The monoisotopic (exact) mass is 259 g/mol. The zero-order valence-corrected chi connectivity index (χ0v) is 12.1. The predicted molar refractivity (Wildman–Crippen MR) is 71.4 cm³/mol. The summed E-state index contributed by atoms with van der Waals surface area (Å²) in [5.74, 6) is 0. The van der Waals surface area contributed by atoms with E-state index >= 15 is 0 Å². The minimum atomic E-state index is -2.49. The Balaban J connectivity index is 1.97. The van der Waals surface area contributed by atoms with Gasteiger partial charge in [-0.25, -0.2) is 13.3 Å². The van der Waals surface area contributed by atoms with Crippen LogP contribution in [0.5, 0.6) is 0 Å². The van der Waals surface area contributed by atoms with Crippen molar-refractivity contribution in [1.82, 2.24) is 9.21 Å². The molecule has 0 aliphatic carbocycles. The Morgan fingerprint density at radius 3 is 2.12 bits per heavy atom. The Hall–Kier alpha value is -0.130. The van der Waals surface area contributed by atoms with Crippen molar-refractivity contribution in [3.05, 3.63) is 0 Å². The Morgan fingerprint density at radius 1 is 1.18 bits per heavy atom. The van der Waals surface area contributed by atoms with Crippen molar-refractivity contribution in [2.24, 2.45) is 5.41 Å². The third-order valence-corrected chi connectivity index (χ3v) is 5.78. The molecular weight excluding hydrogens is 234 g/mol. The number of nitrogens with zero attached hydrogens (tertiary/aromatic N) is 2.